The maximum absolute atomic E-state index is 12.6. The largest absolute Gasteiger partial charge is 0.485 e. The standard InChI is InChI=1S/C22H17BrClNO3/c23-16-7-5-15(6-8-16)13-19(26)14-28-21-4-2-1-3-20(21)22(27)25-18-11-9-17(24)10-12-18/h1-12H,13-14H2,(H,25,27). The molecule has 3 rings (SSSR count). The van der Waals surface area contributed by atoms with Gasteiger partial charge in [0.05, 0.1) is 5.56 Å². The van der Waals surface area contributed by atoms with Gasteiger partial charge in [0.15, 0.2) is 5.78 Å². The number of carbonyl (C=O) groups excluding carboxylic acids is 2. The summed E-state index contributed by atoms with van der Waals surface area (Å²) in [6, 6.07) is 21.2. The van der Waals surface area contributed by atoms with Crippen molar-refractivity contribution in [2.24, 2.45) is 0 Å². The first kappa shape index (κ1) is 20.1. The second-order valence-electron chi connectivity index (χ2n) is 6.09. The van der Waals surface area contributed by atoms with Crippen molar-refractivity contribution in [2.75, 3.05) is 11.9 Å². The number of nitrogens with one attached hydrogen (secondary N) is 1. The van der Waals surface area contributed by atoms with Crippen LogP contribution in [0.25, 0.3) is 0 Å². The van der Waals surface area contributed by atoms with Crippen molar-refractivity contribution in [1.82, 2.24) is 0 Å². The van der Waals surface area contributed by atoms with E-state index in [-0.39, 0.29) is 24.7 Å². The highest BCUT2D eigenvalue weighted by molar-refractivity contribution is 9.10. The zero-order valence-electron chi connectivity index (χ0n) is 14.8. The molecule has 6 heteroatoms. The number of rotatable bonds is 7. The summed E-state index contributed by atoms with van der Waals surface area (Å²) >= 11 is 9.23. The third kappa shape index (κ3) is 5.68. The molecule has 142 valence electrons. The molecular formula is C22H17BrClNO3. The lowest BCUT2D eigenvalue weighted by Crippen LogP contribution is -2.17. The van der Waals surface area contributed by atoms with Crippen LogP contribution in [0.2, 0.25) is 5.02 Å². The SMILES string of the molecule is O=C(COc1ccccc1C(=O)Nc1ccc(Cl)cc1)Cc1ccc(Br)cc1. The second kappa shape index (κ2) is 9.53. The first-order valence-electron chi connectivity index (χ1n) is 8.56. The number of Topliss-reactive ketones (excluding diaryl/α,β-unsaturated/α-hetero) is 1. The summed E-state index contributed by atoms with van der Waals surface area (Å²) in [7, 11) is 0. The van der Waals surface area contributed by atoms with Crippen LogP contribution >= 0.6 is 27.5 Å². The molecule has 0 aromatic heterocycles. The predicted molar refractivity (Wildman–Crippen MR) is 114 cm³/mol. The van der Waals surface area contributed by atoms with E-state index in [1.165, 1.54) is 0 Å². The van der Waals surface area contributed by atoms with Gasteiger partial charge in [-0.3, -0.25) is 9.59 Å². The van der Waals surface area contributed by atoms with Crippen LogP contribution in [0.5, 0.6) is 5.75 Å². The fourth-order valence-electron chi connectivity index (χ4n) is 2.55. The van der Waals surface area contributed by atoms with Gasteiger partial charge in [0.1, 0.15) is 12.4 Å². The number of ketones is 1. The molecule has 0 saturated heterocycles. The fraction of sp³-hybridized carbons (Fsp3) is 0.0909. The number of benzene rings is 3. The van der Waals surface area contributed by atoms with Crippen molar-refractivity contribution >= 4 is 44.9 Å². The summed E-state index contributed by atoms with van der Waals surface area (Å²) in [5.41, 5.74) is 1.88. The molecule has 0 aliphatic carbocycles. The maximum atomic E-state index is 12.6. The molecule has 1 amide bonds. The highest BCUT2D eigenvalue weighted by Crippen LogP contribution is 2.21. The molecular weight excluding hydrogens is 442 g/mol. The van der Waals surface area contributed by atoms with Crippen LogP contribution in [0.4, 0.5) is 5.69 Å². The summed E-state index contributed by atoms with van der Waals surface area (Å²) in [5, 5.41) is 3.38. The molecule has 28 heavy (non-hydrogen) atoms. The Labute approximate surface area is 176 Å². The number of hydrogen-bond acceptors (Lipinski definition) is 3. The van der Waals surface area contributed by atoms with Crippen LogP contribution in [-0.4, -0.2) is 18.3 Å². The lowest BCUT2D eigenvalue weighted by atomic mass is 10.1. The molecule has 0 aliphatic rings. The molecule has 3 aromatic rings. The first-order valence-corrected chi connectivity index (χ1v) is 9.73. The van der Waals surface area contributed by atoms with Gasteiger partial charge in [0, 0.05) is 21.6 Å². The number of carbonyl (C=O) groups is 2. The topological polar surface area (TPSA) is 55.4 Å². The van der Waals surface area contributed by atoms with Gasteiger partial charge >= 0.3 is 0 Å². The minimum absolute atomic E-state index is 0.0739. The lowest BCUT2D eigenvalue weighted by Gasteiger charge is -2.11. The van der Waals surface area contributed by atoms with Crippen LogP contribution < -0.4 is 10.1 Å². The highest BCUT2D eigenvalue weighted by atomic mass is 79.9. The predicted octanol–water partition coefficient (Wildman–Crippen LogP) is 5.55. The molecule has 0 heterocycles. The zero-order valence-corrected chi connectivity index (χ0v) is 17.2. The molecule has 0 aliphatic heterocycles. The van der Waals surface area contributed by atoms with Crippen molar-refractivity contribution in [2.45, 2.75) is 6.42 Å². The molecule has 0 atom stereocenters. The quantitative estimate of drug-likeness (QED) is 0.505. The van der Waals surface area contributed by atoms with E-state index in [0.717, 1.165) is 10.0 Å². The summed E-state index contributed by atoms with van der Waals surface area (Å²) in [6.07, 6.45) is 0.270. The summed E-state index contributed by atoms with van der Waals surface area (Å²) < 4.78 is 6.59. The van der Waals surface area contributed by atoms with Gasteiger partial charge in [-0.2, -0.15) is 0 Å². The lowest BCUT2D eigenvalue weighted by molar-refractivity contribution is -0.120. The molecule has 0 radical (unpaired) electrons. The molecule has 0 saturated carbocycles. The van der Waals surface area contributed by atoms with Gasteiger partial charge in [-0.1, -0.05) is 51.8 Å². The van der Waals surface area contributed by atoms with Crippen molar-refractivity contribution in [3.63, 3.8) is 0 Å². The average Bonchev–Trinajstić information content (AvgIpc) is 2.70. The number of para-hydroxylation sites is 1. The van der Waals surface area contributed by atoms with E-state index in [4.69, 9.17) is 16.3 Å². The average molecular weight is 459 g/mol. The minimum atomic E-state index is -0.321. The summed E-state index contributed by atoms with van der Waals surface area (Å²) in [6.45, 7) is -0.110. The monoisotopic (exact) mass is 457 g/mol. The highest BCUT2D eigenvalue weighted by Gasteiger charge is 2.14. The van der Waals surface area contributed by atoms with Gasteiger partial charge < -0.3 is 10.1 Å². The Hall–Kier alpha value is -2.63. The Morgan fingerprint density at radius 1 is 0.929 bits per heavy atom. The van der Waals surface area contributed by atoms with Crippen molar-refractivity contribution in [3.8, 4) is 5.75 Å². The number of halogens is 2. The Balaban J connectivity index is 1.63. The minimum Gasteiger partial charge on any atom is -0.485 e. The molecule has 0 unspecified atom stereocenters. The van der Waals surface area contributed by atoms with Crippen LogP contribution in [0.3, 0.4) is 0 Å². The third-order valence-electron chi connectivity index (χ3n) is 3.94. The van der Waals surface area contributed by atoms with Gasteiger partial charge in [-0.05, 0) is 54.1 Å². The number of ether oxygens (including phenoxy) is 1. The number of hydrogen-bond donors (Lipinski definition) is 1. The van der Waals surface area contributed by atoms with E-state index in [0.29, 0.717) is 22.0 Å². The van der Waals surface area contributed by atoms with Crippen molar-refractivity contribution in [3.05, 3.63) is 93.4 Å². The maximum Gasteiger partial charge on any atom is 0.259 e. The van der Waals surface area contributed by atoms with Gasteiger partial charge in [-0.15, -0.1) is 0 Å². The van der Waals surface area contributed by atoms with Crippen LogP contribution in [0.1, 0.15) is 15.9 Å². The van der Waals surface area contributed by atoms with E-state index in [9.17, 15) is 9.59 Å². The van der Waals surface area contributed by atoms with E-state index < -0.39 is 0 Å². The van der Waals surface area contributed by atoms with Crippen LogP contribution in [0, 0.1) is 0 Å². The first-order chi connectivity index (χ1) is 13.5. The van der Waals surface area contributed by atoms with Gasteiger partial charge in [-0.25, -0.2) is 0 Å². The molecule has 3 aromatic carbocycles. The van der Waals surface area contributed by atoms with Crippen LogP contribution in [0.15, 0.2) is 77.3 Å². The smallest absolute Gasteiger partial charge is 0.259 e. The van der Waals surface area contributed by atoms with E-state index >= 15 is 0 Å². The van der Waals surface area contributed by atoms with E-state index in [2.05, 4.69) is 21.2 Å². The van der Waals surface area contributed by atoms with Crippen molar-refractivity contribution < 1.29 is 14.3 Å². The van der Waals surface area contributed by atoms with E-state index in [1.54, 1.807) is 48.5 Å². The molecule has 0 spiro atoms. The molecule has 4 nitrogen and oxygen atoms in total. The third-order valence-corrected chi connectivity index (χ3v) is 4.72. The number of amides is 1. The Bertz CT molecular complexity index is 972. The van der Waals surface area contributed by atoms with Gasteiger partial charge in [0.25, 0.3) is 5.91 Å². The van der Waals surface area contributed by atoms with E-state index in [1.807, 2.05) is 24.3 Å². The zero-order chi connectivity index (χ0) is 19.9. The molecule has 1 N–H and O–H groups in total. The Morgan fingerprint density at radius 3 is 2.32 bits per heavy atom. The Morgan fingerprint density at radius 2 is 1.61 bits per heavy atom. The molecule has 0 bridgehead atoms. The van der Waals surface area contributed by atoms with Crippen LogP contribution in [-0.2, 0) is 11.2 Å². The molecule has 0 fully saturated rings. The normalized spacial score (nSPS) is 10.4. The fourth-order valence-corrected chi connectivity index (χ4v) is 2.94. The van der Waals surface area contributed by atoms with Gasteiger partial charge in [0.2, 0.25) is 0 Å². The number of anilines is 1. The summed E-state index contributed by atoms with van der Waals surface area (Å²) in [5.74, 6) is -0.0355. The van der Waals surface area contributed by atoms with Crippen molar-refractivity contribution in [1.29, 1.82) is 0 Å². The Kier molecular flexibility index (Phi) is 6.85. The second-order valence-corrected chi connectivity index (χ2v) is 7.44. The summed E-state index contributed by atoms with van der Waals surface area (Å²) in [4.78, 5) is 24.8.